The number of hydrogen-bond donors (Lipinski definition) is 2. The number of aromatic nitrogens is 1. The van der Waals surface area contributed by atoms with Crippen LogP contribution in [0.3, 0.4) is 0 Å². The van der Waals surface area contributed by atoms with Gasteiger partial charge in [0, 0.05) is 30.1 Å². The van der Waals surface area contributed by atoms with E-state index in [0.717, 1.165) is 46.4 Å². The van der Waals surface area contributed by atoms with Crippen LogP contribution in [-0.2, 0) is 22.6 Å². The molecule has 0 bridgehead atoms. The molecule has 2 N–H and O–H groups in total. The van der Waals surface area contributed by atoms with Crippen molar-refractivity contribution in [3.05, 3.63) is 94.7 Å². The van der Waals surface area contributed by atoms with Gasteiger partial charge in [0.2, 0.25) is 0 Å². The minimum atomic E-state index is -0.905. The summed E-state index contributed by atoms with van der Waals surface area (Å²) in [6.07, 6.45) is 8.06. The number of nitrogens with zero attached hydrogens (tertiary/aromatic N) is 1. The van der Waals surface area contributed by atoms with Crippen LogP contribution < -0.4 is 9.47 Å². The van der Waals surface area contributed by atoms with Crippen LogP contribution >= 0.6 is 0 Å². The molecule has 41 heavy (non-hydrogen) atoms. The summed E-state index contributed by atoms with van der Waals surface area (Å²) in [7, 11) is 0. The fourth-order valence-electron chi connectivity index (χ4n) is 4.81. The quantitative estimate of drug-likeness (QED) is 0.119. The van der Waals surface area contributed by atoms with Gasteiger partial charge in [0.15, 0.2) is 0 Å². The summed E-state index contributed by atoms with van der Waals surface area (Å²) < 4.78 is 13.8. The van der Waals surface area contributed by atoms with Crippen LogP contribution in [-0.4, -0.2) is 39.9 Å². The van der Waals surface area contributed by atoms with E-state index in [1.807, 2.05) is 77.5 Å². The van der Waals surface area contributed by atoms with Gasteiger partial charge in [0.1, 0.15) is 11.5 Å². The van der Waals surface area contributed by atoms with Crippen molar-refractivity contribution in [2.75, 3.05) is 13.2 Å². The van der Waals surface area contributed by atoms with E-state index in [2.05, 4.69) is 19.9 Å². The number of carbonyl (C=O) groups is 2. The molecule has 0 aliphatic carbocycles. The van der Waals surface area contributed by atoms with Gasteiger partial charge in [-0.25, -0.2) is 0 Å². The van der Waals surface area contributed by atoms with Crippen LogP contribution in [0.2, 0.25) is 0 Å². The molecule has 7 heteroatoms. The maximum Gasteiger partial charge on any atom is 0.307 e. The lowest BCUT2D eigenvalue weighted by atomic mass is 10.0. The first-order valence-electron chi connectivity index (χ1n) is 14.0. The van der Waals surface area contributed by atoms with E-state index in [1.165, 1.54) is 11.1 Å². The Balaban J connectivity index is 1.34. The zero-order valence-corrected chi connectivity index (χ0v) is 23.6. The third-order valence-electron chi connectivity index (χ3n) is 7.10. The summed E-state index contributed by atoms with van der Waals surface area (Å²) in [5.74, 6) is 0.00257. The summed E-state index contributed by atoms with van der Waals surface area (Å²) in [6.45, 7) is 5.94. The number of rotatable bonds is 15. The monoisotopic (exact) mass is 555 g/mol. The highest BCUT2D eigenvalue weighted by Crippen LogP contribution is 2.28. The largest absolute Gasteiger partial charge is 0.494 e. The van der Waals surface area contributed by atoms with Crippen LogP contribution in [0.15, 0.2) is 66.9 Å². The maximum atomic E-state index is 11.5. The number of carboxylic acids is 2. The standard InChI is InChI=1S/C34H37NO6/c1-24-8-5-11-31(25(24)2)41-21-4-3-20-40-29-17-14-26(15-18-29)13-16-27-9-6-10-30-34(27)28(22-33(38)39)23-35(30)19-7-12-32(36)37/h5-6,8-11,13-18,23H,3-4,7,12,19-22H2,1-2H3,(H,36,37)(H,38,39). The molecule has 0 amide bonds. The number of fused-ring (bicyclic) bond motifs is 1. The fraction of sp³-hybridized carbons (Fsp3) is 0.294. The second-order valence-electron chi connectivity index (χ2n) is 10.2. The molecule has 0 fully saturated rings. The number of benzene rings is 3. The molecule has 0 unspecified atom stereocenters. The van der Waals surface area contributed by atoms with Crippen molar-refractivity contribution in [3.8, 4) is 11.5 Å². The molecule has 0 radical (unpaired) electrons. The molecule has 0 atom stereocenters. The zero-order chi connectivity index (χ0) is 29.2. The lowest BCUT2D eigenvalue weighted by Gasteiger charge is -2.11. The molecule has 0 spiro atoms. The Labute approximate surface area is 240 Å². The van der Waals surface area contributed by atoms with Crippen molar-refractivity contribution >= 4 is 35.0 Å². The predicted octanol–water partition coefficient (Wildman–Crippen LogP) is 7.16. The Bertz CT molecular complexity index is 1520. The van der Waals surface area contributed by atoms with Crippen LogP contribution in [0.25, 0.3) is 23.1 Å². The van der Waals surface area contributed by atoms with Gasteiger partial charge < -0.3 is 24.3 Å². The number of ether oxygens (including phenoxy) is 2. The minimum Gasteiger partial charge on any atom is -0.494 e. The smallest absolute Gasteiger partial charge is 0.307 e. The summed E-state index contributed by atoms with van der Waals surface area (Å²) in [4.78, 5) is 22.5. The Hall–Kier alpha value is -4.52. The first-order chi connectivity index (χ1) is 19.8. The van der Waals surface area contributed by atoms with Gasteiger partial charge in [0.05, 0.1) is 19.6 Å². The van der Waals surface area contributed by atoms with Gasteiger partial charge in [0.25, 0.3) is 0 Å². The Morgan fingerprint density at radius 1 is 0.829 bits per heavy atom. The molecule has 3 aromatic carbocycles. The first-order valence-corrected chi connectivity index (χ1v) is 14.0. The third-order valence-corrected chi connectivity index (χ3v) is 7.10. The molecular weight excluding hydrogens is 518 g/mol. The number of aryl methyl sites for hydroxylation is 2. The van der Waals surface area contributed by atoms with Crippen LogP contribution in [0, 0.1) is 13.8 Å². The van der Waals surface area contributed by atoms with Crippen molar-refractivity contribution in [1.29, 1.82) is 0 Å². The van der Waals surface area contributed by atoms with Crippen LogP contribution in [0.5, 0.6) is 11.5 Å². The van der Waals surface area contributed by atoms with Gasteiger partial charge in [-0.05, 0) is 85.2 Å². The second kappa shape index (κ2) is 14.2. The highest BCUT2D eigenvalue weighted by atomic mass is 16.5. The number of unbranched alkanes of at least 4 members (excludes halogenated alkanes) is 1. The number of carboxylic acid groups (broad SMARTS) is 2. The van der Waals surface area contributed by atoms with E-state index in [4.69, 9.17) is 14.6 Å². The topological polar surface area (TPSA) is 98.0 Å². The molecule has 4 aromatic rings. The van der Waals surface area contributed by atoms with Gasteiger partial charge in [-0.1, -0.05) is 48.6 Å². The number of hydrogen-bond acceptors (Lipinski definition) is 4. The number of aliphatic carboxylic acids is 2. The summed E-state index contributed by atoms with van der Waals surface area (Å²) >= 11 is 0. The zero-order valence-electron chi connectivity index (χ0n) is 23.6. The van der Waals surface area contributed by atoms with Gasteiger partial charge in [-0.2, -0.15) is 0 Å². The molecule has 0 aliphatic rings. The molecule has 0 saturated carbocycles. The molecule has 214 valence electrons. The first kappa shape index (κ1) is 29.5. The second-order valence-corrected chi connectivity index (χ2v) is 10.2. The normalized spacial score (nSPS) is 11.3. The van der Waals surface area contributed by atoms with E-state index in [0.29, 0.717) is 31.7 Å². The van der Waals surface area contributed by atoms with Crippen LogP contribution in [0.4, 0.5) is 0 Å². The molecule has 1 heterocycles. The highest BCUT2D eigenvalue weighted by Gasteiger charge is 2.14. The SMILES string of the molecule is Cc1cccc(OCCCCOc2ccc(C=Cc3cccc4c3c(CC(=O)O)cn4CCCC(=O)O)cc2)c1C. The van der Waals surface area contributed by atoms with Gasteiger partial charge >= 0.3 is 11.9 Å². The molecule has 7 nitrogen and oxygen atoms in total. The van der Waals surface area contributed by atoms with Gasteiger partial charge in [-0.3, -0.25) is 9.59 Å². The minimum absolute atomic E-state index is 0.0649. The Kier molecular flexibility index (Phi) is 10.2. The van der Waals surface area contributed by atoms with Crippen molar-refractivity contribution in [1.82, 2.24) is 4.57 Å². The third kappa shape index (κ3) is 8.24. The Morgan fingerprint density at radius 2 is 1.56 bits per heavy atom. The van der Waals surface area contributed by atoms with E-state index < -0.39 is 11.9 Å². The highest BCUT2D eigenvalue weighted by molar-refractivity contribution is 5.96. The van der Waals surface area contributed by atoms with Crippen molar-refractivity contribution in [2.24, 2.45) is 0 Å². The molecule has 1 aromatic heterocycles. The van der Waals surface area contributed by atoms with E-state index in [-0.39, 0.29) is 12.8 Å². The summed E-state index contributed by atoms with van der Waals surface area (Å²) in [5.41, 5.74) is 5.94. The predicted molar refractivity (Wildman–Crippen MR) is 162 cm³/mol. The van der Waals surface area contributed by atoms with Crippen molar-refractivity contribution in [2.45, 2.75) is 52.5 Å². The molecule has 4 rings (SSSR count). The van der Waals surface area contributed by atoms with Gasteiger partial charge in [-0.15, -0.1) is 0 Å². The Morgan fingerprint density at radius 3 is 2.29 bits per heavy atom. The molecule has 0 saturated heterocycles. The average molecular weight is 556 g/mol. The molecular formula is C34H37NO6. The van der Waals surface area contributed by atoms with Crippen molar-refractivity contribution in [3.63, 3.8) is 0 Å². The summed E-state index contributed by atoms with van der Waals surface area (Å²) in [5, 5.41) is 19.3. The lowest BCUT2D eigenvalue weighted by Crippen LogP contribution is -2.03. The van der Waals surface area contributed by atoms with E-state index in [9.17, 15) is 14.7 Å². The van der Waals surface area contributed by atoms with Crippen LogP contribution in [0.1, 0.15) is 53.5 Å². The summed E-state index contributed by atoms with van der Waals surface area (Å²) in [6, 6.07) is 19.8. The van der Waals surface area contributed by atoms with E-state index >= 15 is 0 Å². The van der Waals surface area contributed by atoms with E-state index in [1.54, 1.807) is 0 Å². The fourth-order valence-corrected chi connectivity index (χ4v) is 4.81. The molecule has 0 aliphatic heterocycles. The van der Waals surface area contributed by atoms with Crippen molar-refractivity contribution < 1.29 is 29.3 Å². The lowest BCUT2D eigenvalue weighted by molar-refractivity contribution is -0.137. The average Bonchev–Trinajstić information content (AvgIpc) is 3.29. The maximum absolute atomic E-state index is 11.5.